The van der Waals surface area contributed by atoms with E-state index in [2.05, 4.69) is 0 Å². The smallest absolute Gasteiger partial charge is 0.278 e. The summed E-state index contributed by atoms with van der Waals surface area (Å²) in [5.74, 6) is -0.957. The summed E-state index contributed by atoms with van der Waals surface area (Å²) in [6.45, 7) is 0.662. The Morgan fingerprint density at radius 2 is 1.92 bits per heavy atom. The molecule has 1 amide bonds. The molecule has 3 atom stereocenters. The number of ether oxygens (including phenoxy) is 2. The maximum absolute atomic E-state index is 15.2. The van der Waals surface area contributed by atoms with Crippen LogP contribution in [-0.2, 0) is 15.2 Å². The van der Waals surface area contributed by atoms with Crippen LogP contribution in [0.1, 0.15) is 33.2 Å². The van der Waals surface area contributed by atoms with E-state index in [4.69, 9.17) is 9.47 Å². The van der Waals surface area contributed by atoms with E-state index in [-0.39, 0.29) is 31.3 Å². The summed E-state index contributed by atoms with van der Waals surface area (Å²) in [4.78, 5) is 28.8. The van der Waals surface area contributed by atoms with Crippen LogP contribution in [0.25, 0.3) is 0 Å². The number of methoxy groups -OCH3 is 1. The molecule has 1 N–H and O–H groups in total. The maximum atomic E-state index is 15.2. The number of nitrogens with zero attached hydrogens (tertiary/aromatic N) is 3. The quantitative estimate of drug-likeness (QED) is 0.581. The second kappa shape index (κ2) is 8.95. The normalized spacial score (nSPS) is 22.8. The van der Waals surface area contributed by atoms with Crippen LogP contribution in [0, 0.1) is 5.82 Å². The van der Waals surface area contributed by atoms with Gasteiger partial charge >= 0.3 is 0 Å². The first-order chi connectivity index (χ1) is 17.5. The molecule has 0 bridgehead atoms. The SMILES string of the molecule is COCC1COC[C@@H]2N1C(=O)c1c(O)c(=O)ccn1N2[C@@H]1c2ccccc2SCc2c(F)cccc21. The number of thioether (sulfide) groups is 1. The lowest BCUT2D eigenvalue weighted by atomic mass is 9.93. The molecular weight excluding hydrogens is 485 g/mol. The average molecular weight is 510 g/mol. The number of fused-ring (bicyclic) bond motifs is 4. The van der Waals surface area contributed by atoms with Crippen LogP contribution >= 0.6 is 11.8 Å². The van der Waals surface area contributed by atoms with Crippen LogP contribution in [0.4, 0.5) is 4.39 Å². The predicted octanol–water partition coefficient (Wildman–Crippen LogP) is 2.85. The topological polar surface area (TPSA) is 84.2 Å². The predicted molar refractivity (Wildman–Crippen MR) is 131 cm³/mol. The zero-order valence-corrected chi connectivity index (χ0v) is 20.3. The average Bonchev–Trinajstić information content (AvgIpc) is 3.04. The molecule has 0 aliphatic carbocycles. The standard InChI is InChI=1S/C26H24FN3O5S/c1-34-11-15-12-35-13-22-29(15)26(33)24-25(32)20(31)9-10-28(24)30(22)23-16-6-4-7-19(27)18(16)14-36-21-8-3-2-5-17(21)23/h2-10,15,22-23,32H,11-14H2,1H3/t15?,22-,23+/m1/s1. The maximum Gasteiger partial charge on any atom is 0.278 e. The van der Waals surface area contributed by atoms with Gasteiger partial charge in [0.25, 0.3) is 5.91 Å². The van der Waals surface area contributed by atoms with Gasteiger partial charge in [-0.1, -0.05) is 30.3 Å². The fourth-order valence-corrected chi connectivity index (χ4v) is 6.56. The molecule has 0 spiro atoms. The number of hydrogen-bond donors (Lipinski definition) is 1. The van der Waals surface area contributed by atoms with Crippen molar-refractivity contribution in [1.29, 1.82) is 0 Å². The molecule has 8 nitrogen and oxygen atoms in total. The number of pyridine rings is 1. The number of halogens is 1. The highest BCUT2D eigenvalue weighted by molar-refractivity contribution is 7.98. The van der Waals surface area contributed by atoms with Crippen molar-refractivity contribution in [2.45, 2.75) is 28.9 Å². The molecule has 6 rings (SSSR count). The van der Waals surface area contributed by atoms with Crippen molar-refractivity contribution in [3.8, 4) is 5.75 Å². The summed E-state index contributed by atoms with van der Waals surface area (Å²) in [7, 11) is 1.55. The summed E-state index contributed by atoms with van der Waals surface area (Å²) in [5, 5.41) is 12.7. The van der Waals surface area contributed by atoms with E-state index in [1.807, 2.05) is 35.3 Å². The highest BCUT2D eigenvalue weighted by atomic mass is 32.2. The molecule has 10 heteroatoms. The lowest BCUT2D eigenvalue weighted by Crippen LogP contribution is -2.69. The molecule has 3 aromatic rings. The number of amides is 1. The largest absolute Gasteiger partial charge is 0.502 e. The number of hydrogen-bond acceptors (Lipinski definition) is 7. The van der Waals surface area contributed by atoms with Gasteiger partial charge in [0.2, 0.25) is 5.43 Å². The van der Waals surface area contributed by atoms with E-state index in [0.29, 0.717) is 11.3 Å². The Hall–Kier alpha value is -3.34. The second-order valence-corrected chi connectivity index (χ2v) is 10.00. The molecule has 3 aliphatic heterocycles. The fraction of sp³-hybridized carbons (Fsp3) is 0.308. The van der Waals surface area contributed by atoms with Crippen LogP contribution in [0.5, 0.6) is 5.75 Å². The minimum Gasteiger partial charge on any atom is -0.502 e. The Balaban J connectivity index is 1.65. The van der Waals surface area contributed by atoms with Crippen LogP contribution < -0.4 is 10.4 Å². The number of aromatic hydroxyl groups is 1. The third kappa shape index (κ3) is 3.43. The lowest BCUT2D eigenvalue weighted by Gasteiger charge is -2.53. The van der Waals surface area contributed by atoms with Crippen LogP contribution in [-0.4, -0.2) is 59.7 Å². The Bertz CT molecular complexity index is 1410. The Morgan fingerprint density at radius 3 is 2.75 bits per heavy atom. The van der Waals surface area contributed by atoms with Gasteiger partial charge in [0.15, 0.2) is 11.4 Å². The minimum absolute atomic E-state index is 0.130. The summed E-state index contributed by atoms with van der Waals surface area (Å²) in [5.41, 5.74) is 1.48. The Kier molecular flexibility index (Phi) is 5.74. The van der Waals surface area contributed by atoms with E-state index < -0.39 is 35.3 Å². The minimum atomic E-state index is -0.646. The molecule has 3 aliphatic rings. The summed E-state index contributed by atoms with van der Waals surface area (Å²) >= 11 is 1.55. The first-order valence-corrected chi connectivity index (χ1v) is 12.6. The molecule has 0 saturated carbocycles. The summed E-state index contributed by atoms with van der Waals surface area (Å²) < 4.78 is 28.0. The highest BCUT2D eigenvalue weighted by Crippen LogP contribution is 2.45. The van der Waals surface area contributed by atoms with Gasteiger partial charge in [-0.05, 0) is 23.3 Å². The fourth-order valence-electron chi connectivity index (χ4n) is 5.43. The van der Waals surface area contributed by atoms with Crippen molar-refractivity contribution in [2.75, 3.05) is 31.9 Å². The summed E-state index contributed by atoms with van der Waals surface area (Å²) in [6, 6.07) is 13.1. The van der Waals surface area contributed by atoms with E-state index in [9.17, 15) is 14.7 Å². The van der Waals surface area contributed by atoms with Crippen molar-refractivity contribution in [1.82, 2.24) is 9.58 Å². The van der Waals surface area contributed by atoms with Crippen LogP contribution in [0.2, 0.25) is 0 Å². The van der Waals surface area contributed by atoms with E-state index in [1.54, 1.807) is 29.8 Å². The molecule has 186 valence electrons. The van der Waals surface area contributed by atoms with E-state index >= 15 is 4.39 Å². The third-order valence-corrected chi connectivity index (χ3v) is 8.11. The van der Waals surface area contributed by atoms with Gasteiger partial charge in [-0.15, -0.1) is 11.8 Å². The molecule has 1 saturated heterocycles. The first kappa shape index (κ1) is 23.1. The van der Waals surface area contributed by atoms with Crippen LogP contribution in [0.3, 0.4) is 0 Å². The highest BCUT2D eigenvalue weighted by Gasteiger charge is 2.48. The van der Waals surface area contributed by atoms with Gasteiger partial charge in [-0.3, -0.25) is 19.3 Å². The number of benzene rings is 2. The monoisotopic (exact) mass is 509 g/mol. The molecule has 1 fully saturated rings. The number of carbonyl (C=O) groups is 1. The molecule has 1 unspecified atom stereocenters. The summed E-state index contributed by atoms with van der Waals surface area (Å²) in [6.07, 6.45) is 0.893. The van der Waals surface area contributed by atoms with E-state index in [0.717, 1.165) is 16.0 Å². The van der Waals surface area contributed by atoms with Gasteiger partial charge < -0.3 is 19.5 Å². The van der Waals surface area contributed by atoms with Gasteiger partial charge in [0.05, 0.1) is 31.9 Å². The zero-order chi connectivity index (χ0) is 25.0. The van der Waals surface area contributed by atoms with Crippen molar-refractivity contribution >= 4 is 17.7 Å². The van der Waals surface area contributed by atoms with Crippen molar-refractivity contribution in [2.24, 2.45) is 0 Å². The van der Waals surface area contributed by atoms with E-state index in [1.165, 1.54) is 23.0 Å². The number of morpholine rings is 1. The Labute approximate surface area is 210 Å². The van der Waals surface area contributed by atoms with Gasteiger partial charge in [-0.25, -0.2) is 4.39 Å². The molecular formula is C26H24FN3O5S. The first-order valence-electron chi connectivity index (χ1n) is 11.6. The molecule has 1 aromatic heterocycles. The van der Waals surface area contributed by atoms with Crippen molar-refractivity contribution in [3.05, 3.63) is 93.2 Å². The second-order valence-electron chi connectivity index (χ2n) is 8.98. The van der Waals surface area contributed by atoms with Crippen molar-refractivity contribution in [3.63, 3.8) is 0 Å². The zero-order valence-electron chi connectivity index (χ0n) is 19.5. The molecule has 0 radical (unpaired) electrons. The van der Waals surface area contributed by atoms with Crippen molar-refractivity contribution < 1.29 is 23.8 Å². The Morgan fingerprint density at radius 1 is 1.11 bits per heavy atom. The van der Waals surface area contributed by atoms with Gasteiger partial charge in [-0.2, -0.15) is 0 Å². The number of carbonyl (C=O) groups excluding carboxylic acids is 1. The molecule has 2 aromatic carbocycles. The third-order valence-electron chi connectivity index (χ3n) is 7.00. The molecule has 36 heavy (non-hydrogen) atoms. The number of rotatable bonds is 3. The van der Waals surface area contributed by atoms with Gasteiger partial charge in [0, 0.05) is 35.6 Å². The molecule has 4 heterocycles. The lowest BCUT2D eigenvalue weighted by molar-refractivity contribution is -0.0693. The number of aromatic nitrogens is 1. The van der Waals surface area contributed by atoms with Crippen LogP contribution in [0.15, 0.2) is 64.4 Å². The van der Waals surface area contributed by atoms with Gasteiger partial charge in [0.1, 0.15) is 12.0 Å².